The fourth-order valence-corrected chi connectivity index (χ4v) is 2.02. The third-order valence-corrected chi connectivity index (χ3v) is 3.04. The van der Waals surface area contributed by atoms with Gasteiger partial charge in [0.05, 0.1) is 6.04 Å². The summed E-state index contributed by atoms with van der Waals surface area (Å²) in [6.07, 6.45) is 0. The summed E-state index contributed by atoms with van der Waals surface area (Å²) in [5.74, 6) is 1.59. The van der Waals surface area contributed by atoms with Crippen molar-refractivity contribution in [2.24, 2.45) is 0 Å². The molecule has 0 amide bonds. The van der Waals surface area contributed by atoms with Crippen molar-refractivity contribution in [3.63, 3.8) is 0 Å². The Morgan fingerprint density at radius 1 is 1.11 bits per heavy atom. The van der Waals surface area contributed by atoms with Crippen LogP contribution in [0.2, 0.25) is 0 Å². The molecule has 1 aromatic heterocycles. The van der Waals surface area contributed by atoms with E-state index in [1.54, 1.807) is 12.1 Å². The second-order valence-corrected chi connectivity index (χ2v) is 4.61. The van der Waals surface area contributed by atoms with Gasteiger partial charge in [-0.25, -0.2) is 4.39 Å². The van der Waals surface area contributed by atoms with Gasteiger partial charge in [-0.1, -0.05) is 12.1 Å². The summed E-state index contributed by atoms with van der Waals surface area (Å²) in [4.78, 5) is 0. The molecule has 1 aromatic carbocycles. The molecule has 0 fully saturated rings. The Labute approximate surface area is 107 Å². The molecular formula is C15H18FNO. The van der Waals surface area contributed by atoms with Gasteiger partial charge < -0.3 is 9.73 Å². The van der Waals surface area contributed by atoms with E-state index in [0.717, 1.165) is 17.1 Å². The van der Waals surface area contributed by atoms with Crippen molar-refractivity contribution in [3.8, 4) is 0 Å². The van der Waals surface area contributed by atoms with Gasteiger partial charge in [0.15, 0.2) is 0 Å². The Balaban J connectivity index is 2.05. The van der Waals surface area contributed by atoms with Crippen LogP contribution in [0, 0.1) is 12.7 Å². The number of hydrogen-bond donors (Lipinski definition) is 1. The second kappa shape index (κ2) is 5.36. The maximum absolute atomic E-state index is 13.1. The Bertz CT molecular complexity index is 521. The predicted molar refractivity (Wildman–Crippen MR) is 69.8 cm³/mol. The maximum Gasteiger partial charge on any atom is 0.123 e. The average molecular weight is 247 g/mol. The Hall–Kier alpha value is -1.61. The van der Waals surface area contributed by atoms with Crippen molar-refractivity contribution in [2.45, 2.75) is 32.9 Å². The standard InChI is InChI=1S/C15H18FNO/c1-10-7-8-15(18-10)12(3)17-11(2)13-5-4-6-14(16)9-13/h4-9,11-12,17H,1-3H3/t11-,12?/m1/s1. The third-order valence-electron chi connectivity index (χ3n) is 3.04. The minimum atomic E-state index is -0.206. The fraction of sp³-hybridized carbons (Fsp3) is 0.333. The van der Waals surface area contributed by atoms with E-state index in [1.807, 2.05) is 39.0 Å². The van der Waals surface area contributed by atoms with Gasteiger partial charge in [0.25, 0.3) is 0 Å². The molecule has 0 spiro atoms. The zero-order valence-electron chi connectivity index (χ0n) is 10.9. The minimum Gasteiger partial charge on any atom is -0.465 e. The SMILES string of the molecule is Cc1ccc(C(C)N[C@H](C)c2cccc(F)c2)o1. The molecule has 1 heterocycles. The highest BCUT2D eigenvalue weighted by Gasteiger charge is 2.13. The van der Waals surface area contributed by atoms with Crippen LogP contribution in [-0.4, -0.2) is 0 Å². The molecule has 0 aliphatic rings. The summed E-state index contributed by atoms with van der Waals surface area (Å²) in [6.45, 7) is 5.97. The van der Waals surface area contributed by atoms with E-state index in [9.17, 15) is 4.39 Å². The molecule has 2 nitrogen and oxygen atoms in total. The van der Waals surface area contributed by atoms with E-state index in [0.29, 0.717) is 0 Å². The lowest BCUT2D eigenvalue weighted by molar-refractivity contribution is 0.392. The number of benzene rings is 1. The zero-order valence-corrected chi connectivity index (χ0v) is 10.9. The summed E-state index contributed by atoms with van der Waals surface area (Å²) in [5, 5.41) is 3.39. The minimum absolute atomic E-state index is 0.0705. The Kier molecular flexibility index (Phi) is 3.82. The van der Waals surface area contributed by atoms with Gasteiger partial charge in [-0.05, 0) is 50.6 Å². The maximum atomic E-state index is 13.1. The van der Waals surface area contributed by atoms with Crippen molar-refractivity contribution >= 4 is 0 Å². The smallest absolute Gasteiger partial charge is 0.123 e. The lowest BCUT2D eigenvalue weighted by Crippen LogP contribution is -2.22. The molecule has 3 heteroatoms. The van der Waals surface area contributed by atoms with E-state index in [1.165, 1.54) is 6.07 Å². The second-order valence-electron chi connectivity index (χ2n) is 4.61. The van der Waals surface area contributed by atoms with Crippen molar-refractivity contribution in [1.29, 1.82) is 0 Å². The van der Waals surface area contributed by atoms with Crippen LogP contribution in [0.3, 0.4) is 0 Å². The number of nitrogens with one attached hydrogen (secondary N) is 1. The van der Waals surface area contributed by atoms with E-state index in [4.69, 9.17) is 4.42 Å². The summed E-state index contributed by atoms with van der Waals surface area (Å²) < 4.78 is 18.7. The largest absolute Gasteiger partial charge is 0.465 e. The fourth-order valence-electron chi connectivity index (χ4n) is 2.02. The zero-order chi connectivity index (χ0) is 13.1. The van der Waals surface area contributed by atoms with Gasteiger partial charge in [0.2, 0.25) is 0 Å². The predicted octanol–water partition coefficient (Wildman–Crippen LogP) is 4.14. The van der Waals surface area contributed by atoms with Gasteiger partial charge in [-0.3, -0.25) is 0 Å². The van der Waals surface area contributed by atoms with Crippen LogP contribution < -0.4 is 5.32 Å². The summed E-state index contributed by atoms with van der Waals surface area (Å²) >= 11 is 0. The molecular weight excluding hydrogens is 229 g/mol. The molecule has 0 aliphatic heterocycles. The van der Waals surface area contributed by atoms with E-state index >= 15 is 0 Å². The molecule has 18 heavy (non-hydrogen) atoms. The first-order valence-electron chi connectivity index (χ1n) is 6.14. The van der Waals surface area contributed by atoms with E-state index in [2.05, 4.69) is 5.32 Å². The Morgan fingerprint density at radius 3 is 2.50 bits per heavy atom. The highest BCUT2D eigenvalue weighted by molar-refractivity contribution is 5.20. The summed E-state index contributed by atoms with van der Waals surface area (Å²) in [5.41, 5.74) is 0.935. The molecule has 0 radical (unpaired) electrons. The quantitative estimate of drug-likeness (QED) is 0.878. The molecule has 0 bridgehead atoms. The van der Waals surface area contributed by atoms with Crippen molar-refractivity contribution < 1.29 is 8.81 Å². The lowest BCUT2D eigenvalue weighted by atomic mass is 10.1. The van der Waals surface area contributed by atoms with Gasteiger partial charge >= 0.3 is 0 Å². The molecule has 1 N–H and O–H groups in total. The van der Waals surface area contributed by atoms with Crippen molar-refractivity contribution in [1.82, 2.24) is 5.32 Å². The molecule has 2 aromatic rings. The molecule has 2 rings (SSSR count). The highest BCUT2D eigenvalue weighted by Crippen LogP contribution is 2.21. The highest BCUT2D eigenvalue weighted by atomic mass is 19.1. The first-order valence-corrected chi connectivity index (χ1v) is 6.14. The third kappa shape index (κ3) is 2.99. The van der Waals surface area contributed by atoms with Crippen LogP contribution in [0.4, 0.5) is 4.39 Å². The van der Waals surface area contributed by atoms with Crippen molar-refractivity contribution in [3.05, 3.63) is 59.3 Å². The Morgan fingerprint density at radius 2 is 1.89 bits per heavy atom. The first kappa shape index (κ1) is 12.8. The van der Waals surface area contributed by atoms with Crippen LogP contribution in [-0.2, 0) is 0 Å². The molecule has 1 unspecified atom stereocenters. The average Bonchev–Trinajstić information content (AvgIpc) is 2.76. The number of hydrogen-bond acceptors (Lipinski definition) is 2. The van der Waals surface area contributed by atoms with Crippen molar-refractivity contribution in [2.75, 3.05) is 0 Å². The number of furan rings is 1. The van der Waals surface area contributed by atoms with Gasteiger partial charge in [0.1, 0.15) is 17.3 Å². The molecule has 0 aliphatic carbocycles. The summed E-state index contributed by atoms with van der Waals surface area (Å²) in [7, 11) is 0. The van der Waals surface area contributed by atoms with Crippen LogP contribution in [0.25, 0.3) is 0 Å². The molecule has 96 valence electrons. The first-order chi connectivity index (χ1) is 8.56. The topological polar surface area (TPSA) is 25.2 Å². The molecule has 0 saturated carbocycles. The lowest BCUT2D eigenvalue weighted by Gasteiger charge is -2.19. The number of rotatable bonds is 4. The van der Waals surface area contributed by atoms with Crippen LogP contribution >= 0.6 is 0 Å². The van der Waals surface area contributed by atoms with E-state index in [-0.39, 0.29) is 17.9 Å². The van der Waals surface area contributed by atoms with Gasteiger partial charge in [0, 0.05) is 6.04 Å². The number of halogens is 1. The summed E-state index contributed by atoms with van der Waals surface area (Å²) in [6, 6.07) is 10.7. The van der Waals surface area contributed by atoms with Crippen LogP contribution in [0.1, 0.15) is 43.0 Å². The van der Waals surface area contributed by atoms with E-state index < -0.39 is 0 Å². The monoisotopic (exact) mass is 247 g/mol. The molecule has 2 atom stereocenters. The van der Waals surface area contributed by atoms with Crippen LogP contribution in [0.5, 0.6) is 0 Å². The molecule has 0 saturated heterocycles. The number of aryl methyl sites for hydroxylation is 1. The van der Waals surface area contributed by atoms with Gasteiger partial charge in [-0.2, -0.15) is 0 Å². The van der Waals surface area contributed by atoms with Crippen LogP contribution in [0.15, 0.2) is 40.8 Å². The normalized spacial score (nSPS) is 14.4. The van der Waals surface area contributed by atoms with Gasteiger partial charge in [-0.15, -0.1) is 0 Å².